The van der Waals surface area contributed by atoms with Gasteiger partial charge in [0.1, 0.15) is 5.82 Å². The van der Waals surface area contributed by atoms with Crippen molar-refractivity contribution < 1.29 is 43.0 Å². The van der Waals surface area contributed by atoms with Gasteiger partial charge in [-0.2, -0.15) is 17.2 Å². The SMILES string of the molecule is CC(C)(C)c1ccnc(-n2c3[c-]c(-n4c5[c-]c(-n6cc(-c7c(F)c(F)c(F)c(F)c7F)cn6)ccc5c5ccccc54)ccc3c3ccccc32)c1.[Pt+2]. The Kier molecular flexibility index (Phi) is 8.15. The van der Waals surface area contributed by atoms with Crippen LogP contribution in [0.25, 0.3) is 71.9 Å². The van der Waals surface area contributed by atoms with E-state index in [0.29, 0.717) is 11.2 Å². The summed E-state index contributed by atoms with van der Waals surface area (Å²) in [5.74, 6) is -9.36. The van der Waals surface area contributed by atoms with E-state index in [1.807, 2.05) is 65.4 Å². The summed E-state index contributed by atoms with van der Waals surface area (Å²) < 4.78 is 76.6. The monoisotopic (exact) mass is 890 g/mol. The van der Waals surface area contributed by atoms with E-state index in [2.05, 4.69) is 66.8 Å². The second-order valence-electron chi connectivity index (χ2n) is 13.7. The number of fused-ring (bicyclic) bond motifs is 6. The number of benzene rings is 5. The number of hydrogen-bond acceptors (Lipinski definition) is 2. The number of aromatic nitrogens is 5. The third kappa shape index (κ3) is 5.30. The molecule has 0 atom stereocenters. The molecular formula is C42H26F5N5Pt. The van der Waals surface area contributed by atoms with Crippen LogP contribution in [-0.4, -0.2) is 23.9 Å². The molecule has 4 heterocycles. The second kappa shape index (κ2) is 12.5. The molecule has 5 nitrogen and oxygen atoms in total. The molecule has 4 aromatic heterocycles. The molecular weight excluding hydrogens is 865 g/mol. The van der Waals surface area contributed by atoms with Crippen molar-refractivity contribution in [2.75, 3.05) is 0 Å². The zero-order chi connectivity index (χ0) is 36.1. The van der Waals surface area contributed by atoms with Crippen LogP contribution >= 0.6 is 0 Å². The van der Waals surface area contributed by atoms with Gasteiger partial charge in [-0.1, -0.05) is 73.9 Å². The van der Waals surface area contributed by atoms with Gasteiger partial charge in [-0.25, -0.2) is 26.9 Å². The summed E-state index contributed by atoms with van der Waals surface area (Å²) in [6.45, 7) is 6.49. The molecule has 0 amide bonds. The van der Waals surface area contributed by atoms with E-state index in [-0.39, 0.29) is 32.0 Å². The van der Waals surface area contributed by atoms with Crippen LogP contribution in [-0.2, 0) is 26.5 Å². The fraction of sp³-hybridized carbons (Fsp3) is 0.0952. The Morgan fingerprint density at radius 1 is 0.604 bits per heavy atom. The first kappa shape index (κ1) is 34.5. The summed E-state index contributed by atoms with van der Waals surface area (Å²) >= 11 is 0. The van der Waals surface area contributed by atoms with Gasteiger partial charge in [-0.05, 0) is 51.7 Å². The summed E-state index contributed by atoms with van der Waals surface area (Å²) in [5, 5.41) is 8.10. The molecule has 53 heavy (non-hydrogen) atoms. The van der Waals surface area contributed by atoms with Crippen molar-refractivity contribution >= 4 is 43.6 Å². The van der Waals surface area contributed by atoms with Crippen LogP contribution in [0.15, 0.2) is 104 Å². The maximum atomic E-state index is 14.7. The van der Waals surface area contributed by atoms with E-state index in [9.17, 15) is 22.0 Å². The Bertz CT molecular complexity index is 2890. The quantitative estimate of drug-likeness (QED) is 0.0765. The van der Waals surface area contributed by atoms with Gasteiger partial charge < -0.3 is 9.13 Å². The largest absolute Gasteiger partial charge is 2.00 e. The third-order valence-corrected chi connectivity index (χ3v) is 9.55. The molecule has 0 spiro atoms. The Morgan fingerprint density at radius 2 is 1.15 bits per heavy atom. The van der Waals surface area contributed by atoms with E-state index < -0.39 is 34.6 Å². The van der Waals surface area contributed by atoms with Crippen LogP contribution in [0.3, 0.4) is 0 Å². The van der Waals surface area contributed by atoms with Crippen LogP contribution in [0.1, 0.15) is 26.3 Å². The smallest absolute Gasteiger partial charge is 0.358 e. The van der Waals surface area contributed by atoms with Crippen molar-refractivity contribution in [3.05, 3.63) is 150 Å². The Balaban J connectivity index is 0.00000400. The number of nitrogens with zero attached hydrogens (tertiary/aromatic N) is 5. The third-order valence-electron chi connectivity index (χ3n) is 9.55. The number of hydrogen-bond donors (Lipinski definition) is 0. The number of halogens is 5. The first-order valence-electron chi connectivity index (χ1n) is 16.5. The van der Waals surface area contributed by atoms with Crippen molar-refractivity contribution in [2.24, 2.45) is 0 Å². The standard InChI is InChI=1S/C42H26F5N5.Pt/c1-42(2,3)24-16-17-48-35(18-24)52-32-11-7-5-9-28(32)30-15-13-26(20-34(30)52)51-31-10-6-4-8-27(31)29-14-12-25(19-33(29)51)50-22-23(21-49-50)36-37(43)39(45)41(47)40(46)38(36)44;/h4-18,21-22H,1-3H3;/q-2;+2. The molecule has 0 N–H and O–H groups in total. The van der Waals surface area contributed by atoms with Crippen LogP contribution in [0.5, 0.6) is 0 Å². The molecule has 0 bridgehead atoms. The van der Waals surface area contributed by atoms with Crippen LogP contribution in [0.2, 0.25) is 0 Å². The molecule has 0 saturated heterocycles. The fourth-order valence-corrected chi connectivity index (χ4v) is 6.97. The molecule has 9 aromatic rings. The predicted molar refractivity (Wildman–Crippen MR) is 192 cm³/mol. The van der Waals surface area contributed by atoms with Gasteiger partial charge in [-0.15, -0.1) is 35.0 Å². The first-order chi connectivity index (χ1) is 25.0. The molecule has 9 rings (SSSR count). The Morgan fingerprint density at radius 3 is 1.79 bits per heavy atom. The molecule has 0 aliphatic rings. The summed E-state index contributed by atoms with van der Waals surface area (Å²) in [6, 6.07) is 35.0. The van der Waals surface area contributed by atoms with E-state index in [0.717, 1.165) is 61.4 Å². The van der Waals surface area contributed by atoms with Gasteiger partial charge in [0.15, 0.2) is 23.3 Å². The van der Waals surface area contributed by atoms with Gasteiger partial charge in [-0.3, -0.25) is 4.68 Å². The molecule has 0 aliphatic carbocycles. The Hall–Kier alpha value is -5.60. The number of pyridine rings is 1. The summed E-state index contributed by atoms with van der Waals surface area (Å²) in [5.41, 5.74) is 4.20. The molecule has 0 saturated carbocycles. The van der Waals surface area contributed by atoms with E-state index in [1.54, 1.807) is 6.07 Å². The predicted octanol–water partition coefficient (Wildman–Crippen LogP) is 10.7. The Labute approximate surface area is 314 Å². The van der Waals surface area contributed by atoms with Crippen LogP contribution in [0.4, 0.5) is 22.0 Å². The van der Waals surface area contributed by atoms with Crippen LogP contribution in [0, 0.1) is 41.2 Å². The maximum Gasteiger partial charge on any atom is 2.00 e. The van der Waals surface area contributed by atoms with Crippen LogP contribution < -0.4 is 0 Å². The molecule has 5 aromatic carbocycles. The zero-order valence-corrected chi connectivity index (χ0v) is 30.5. The van der Waals surface area contributed by atoms with Gasteiger partial charge >= 0.3 is 21.1 Å². The topological polar surface area (TPSA) is 40.6 Å². The second-order valence-corrected chi connectivity index (χ2v) is 13.7. The van der Waals surface area contributed by atoms with Crippen molar-refractivity contribution in [1.82, 2.24) is 23.9 Å². The number of rotatable bonds is 4. The first-order valence-corrected chi connectivity index (χ1v) is 16.5. The average molecular weight is 891 g/mol. The molecule has 0 radical (unpaired) electrons. The van der Waals surface area contributed by atoms with Gasteiger partial charge in [0.25, 0.3) is 0 Å². The molecule has 0 aliphatic heterocycles. The van der Waals surface area contributed by atoms with E-state index in [4.69, 9.17) is 4.98 Å². The fourth-order valence-electron chi connectivity index (χ4n) is 6.97. The van der Waals surface area contributed by atoms with E-state index in [1.165, 1.54) is 10.9 Å². The van der Waals surface area contributed by atoms with Crippen molar-refractivity contribution in [3.8, 4) is 28.3 Å². The maximum absolute atomic E-state index is 14.7. The number of para-hydroxylation sites is 2. The molecule has 0 unspecified atom stereocenters. The molecule has 264 valence electrons. The van der Waals surface area contributed by atoms with Gasteiger partial charge in [0.2, 0.25) is 5.82 Å². The van der Waals surface area contributed by atoms with Crippen molar-refractivity contribution in [2.45, 2.75) is 26.2 Å². The summed E-state index contributed by atoms with van der Waals surface area (Å²) in [6.07, 6.45) is 4.09. The molecule has 0 fully saturated rings. The summed E-state index contributed by atoms with van der Waals surface area (Å²) in [4.78, 5) is 4.79. The van der Waals surface area contributed by atoms with E-state index >= 15 is 0 Å². The normalized spacial score (nSPS) is 12.0. The summed E-state index contributed by atoms with van der Waals surface area (Å²) in [7, 11) is 0. The van der Waals surface area contributed by atoms with Gasteiger partial charge in [0.05, 0.1) is 11.8 Å². The zero-order valence-electron chi connectivity index (χ0n) is 28.3. The minimum Gasteiger partial charge on any atom is -0.358 e. The minimum absolute atomic E-state index is 0. The average Bonchev–Trinajstić information content (AvgIpc) is 3.85. The van der Waals surface area contributed by atoms with Gasteiger partial charge in [0, 0.05) is 29.0 Å². The van der Waals surface area contributed by atoms with Crippen molar-refractivity contribution in [1.29, 1.82) is 0 Å². The molecule has 11 heteroatoms. The minimum atomic E-state index is -2.22. The van der Waals surface area contributed by atoms with Crippen molar-refractivity contribution in [3.63, 3.8) is 0 Å².